The second kappa shape index (κ2) is 8.21. The summed E-state index contributed by atoms with van der Waals surface area (Å²) in [6.45, 7) is 28.4. The zero-order valence-electron chi connectivity index (χ0n) is 16.8. The Balaban J connectivity index is 2.27. The van der Waals surface area contributed by atoms with Crippen LogP contribution < -0.4 is 8.45 Å². The molecule has 0 spiro atoms. The van der Waals surface area contributed by atoms with Gasteiger partial charge in [0.15, 0.2) is 0 Å². The molecule has 0 aliphatic heterocycles. The number of benzene rings is 3. The summed E-state index contributed by atoms with van der Waals surface area (Å²) in [5.41, 5.74) is -0.923. The molecule has 0 aliphatic carbocycles. The molecule has 172 valence electrons. The second-order valence-corrected chi connectivity index (χ2v) is 11.1. The molecule has 0 bridgehead atoms. The summed E-state index contributed by atoms with van der Waals surface area (Å²) in [4.78, 5) is 20.0. The molecule has 6 nitrogen and oxygen atoms in total. The first kappa shape index (κ1) is 23.6. The monoisotopic (exact) mass is 622 g/mol. The van der Waals surface area contributed by atoms with Gasteiger partial charge in [-0.25, -0.2) is 0 Å². The van der Waals surface area contributed by atoms with E-state index in [1.807, 2.05) is 0 Å². The van der Waals surface area contributed by atoms with Gasteiger partial charge in [0.1, 0.15) is 0 Å². The van der Waals surface area contributed by atoms with Crippen LogP contribution in [0.2, 0.25) is 0 Å². The molecule has 0 N–H and O–H groups in total. The van der Waals surface area contributed by atoms with Gasteiger partial charge in [-0.05, 0) is 0 Å². The predicted molar refractivity (Wildman–Crippen MR) is 118 cm³/mol. The Morgan fingerprint density at radius 3 is 1.11 bits per heavy atom. The fraction of sp³-hybridized carbons (Fsp3) is 0. The minimum atomic E-state index is -1.99. The molecule has 0 saturated heterocycles. The van der Waals surface area contributed by atoms with Gasteiger partial charge in [0.2, 0.25) is 0 Å². The summed E-state index contributed by atoms with van der Waals surface area (Å²) in [6.07, 6.45) is 0. The number of hydrogen-bond acceptors (Lipinski definition) is 2. The molecule has 0 aliphatic rings. The molecule has 2 heterocycles. The van der Waals surface area contributed by atoms with Gasteiger partial charge < -0.3 is 0 Å². The second-order valence-electron chi connectivity index (χ2n) is 6.87. The third kappa shape index (κ3) is 2.94. The molecule has 3 aromatic carbocycles. The van der Waals surface area contributed by atoms with E-state index in [0.29, 0.717) is 0 Å². The average Bonchev–Trinajstić information content (AvgIpc) is 3.50. The Bertz CT molecular complexity index is 1980. The molecular weight excluding hydrogens is 620 g/mol. The van der Waals surface area contributed by atoms with E-state index in [1.54, 1.807) is 0 Å². The van der Waals surface area contributed by atoms with Crippen molar-refractivity contribution in [3.63, 3.8) is 0 Å². The van der Waals surface area contributed by atoms with Crippen molar-refractivity contribution in [1.29, 1.82) is 0 Å². The Kier molecular flexibility index (Phi) is 5.37. The van der Waals surface area contributed by atoms with E-state index in [2.05, 4.69) is 29.3 Å². The molecule has 0 fully saturated rings. The molecule has 0 radical (unpaired) electrons. The number of fused-ring (bicyclic) bond motifs is 7. The van der Waals surface area contributed by atoms with Gasteiger partial charge in [-0.3, -0.25) is 0 Å². The van der Waals surface area contributed by atoms with Gasteiger partial charge >= 0.3 is 207 Å². The Labute approximate surface area is 206 Å². The fourth-order valence-corrected chi connectivity index (χ4v) is 7.63. The molecule has 36 heavy (non-hydrogen) atoms. The molecule has 2 aromatic heterocycles. The third-order valence-corrected chi connectivity index (χ3v) is 9.52. The van der Waals surface area contributed by atoms with E-state index in [-0.39, 0.29) is 8.45 Å². The van der Waals surface area contributed by atoms with Gasteiger partial charge in [0.05, 0.1) is 0 Å². The summed E-state index contributed by atoms with van der Waals surface area (Å²) < 4.78 is 89.0. The van der Waals surface area contributed by atoms with Crippen molar-refractivity contribution in [3.8, 4) is 0 Å². The standard InChI is InChI=1S/C22F6N6Se2/c1-29-19(30-2)21-33-15-5-6-8(10(24)9(23)7(5)11(25)13(27)17(15)35-21)12(26)14(28)18-16(6)34-22(36-18)20(31-3)32-4. The van der Waals surface area contributed by atoms with E-state index < -0.39 is 117 Å². The molecule has 5 rings (SSSR count). The van der Waals surface area contributed by atoms with Gasteiger partial charge in [-0.1, -0.05) is 0 Å². The fourth-order valence-electron chi connectivity index (χ4n) is 3.70. The minimum absolute atomic E-state index is 0.213. The van der Waals surface area contributed by atoms with E-state index in [1.165, 1.54) is 0 Å². The number of aromatic nitrogens is 2. The first-order valence-electron chi connectivity index (χ1n) is 9.13. The summed E-state index contributed by atoms with van der Waals surface area (Å²) in [7, 11) is 0. The SMILES string of the molecule is [C-]#[N+]C([N+]#[C-])=c1nc2c([se]1)c(F)c(F)c1c(F)c(F)c3c(F)c(F)c4[se]c(=C([N+]#[C-])[N+]#[C-])nc4c3c12. The third-order valence-electron chi connectivity index (χ3n) is 5.14. The van der Waals surface area contributed by atoms with Gasteiger partial charge in [-0.2, -0.15) is 0 Å². The van der Waals surface area contributed by atoms with Crippen molar-refractivity contribution >= 4 is 81.7 Å². The first-order valence-corrected chi connectivity index (χ1v) is 12.6. The van der Waals surface area contributed by atoms with Crippen molar-refractivity contribution in [3.05, 3.63) is 89.0 Å². The molecule has 0 unspecified atom stereocenters. The van der Waals surface area contributed by atoms with Gasteiger partial charge in [-0.15, -0.1) is 0 Å². The Morgan fingerprint density at radius 2 is 0.806 bits per heavy atom. The molecule has 5 aromatic rings. The average molecular weight is 620 g/mol. The van der Waals surface area contributed by atoms with Crippen LogP contribution in [0.5, 0.6) is 0 Å². The quantitative estimate of drug-likeness (QED) is 0.114. The molecule has 14 heteroatoms. The molecule has 0 atom stereocenters. The summed E-state index contributed by atoms with van der Waals surface area (Å²) in [5.74, 6) is -11.9. The van der Waals surface area contributed by atoms with Crippen molar-refractivity contribution < 1.29 is 26.3 Å². The van der Waals surface area contributed by atoms with Gasteiger partial charge in [0.25, 0.3) is 0 Å². The van der Waals surface area contributed by atoms with Crippen LogP contribution in [0, 0.1) is 61.2 Å². The maximum absolute atomic E-state index is 15.1. The van der Waals surface area contributed by atoms with Crippen molar-refractivity contribution in [2.24, 2.45) is 0 Å². The summed E-state index contributed by atoms with van der Waals surface area (Å²) in [5, 5.41) is -3.69. The first-order chi connectivity index (χ1) is 17.2. The van der Waals surface area contributed by atoms with Crippen LogP contribution >= 0.6 is 0 Å². The van der Waals surface area contributed by atoms with Crippen LogP contribution in [0.4, 0.5) is 26.3 Å². The number of halogens is 6. The Morgan fingerprint density at radius 1 is 0.500 bits per heavy atom. The molecule has 0 saturated carbocycles. The predicted octanol–water partition coefficient (Wildman–Crippen LogP) is 3.85. The van der Waals surface area contributed by atoms with E-state index in [9.17, 15) is 8.78 Å². The normalized spacial score (nSPS) is 10.9. The van der Waals surface area contributed by atoms with Crippen LogP contribution in [-0.4, -0.2) is 39.0 Å². The number of rotatable bonds is 0. The van der Waals surface area contributed by atoms with Crippen LogP contribution in [0.3, 0.4) is 0 Å². The molecule has 0 amide bonds. The van der Waals surface area contributed by atoms with Crippen LogP contribution in [0.25, 0.3) is 72.1 Å². The Hall–Kier alpha value is -4.16. The van der Waals surface area contributed by atoms with Crippen molar-refractivity contribution in [2.75, 3.05) is 0 Å². The van der Waals surface area contributed by atoms with Crippen molar-refractivity contribution in [2.45, 2.75) is 0 Å². The maximum atomic E-state index is 15.1. The van der Waals surface area contributed by atoms with Crippen LogP contribution in [-0.2, 0) is 0 Å². The zero-order chi connectivity index (χ0) is 26.0. The van der Waals surface area contributed by atoms with E-state index >= 15 is 17.6 Å². The molecular formula is C22F6N6Se2. The van der Waals surface area contributed by atoms with E-state index in [0.717, 1.165) is 0 Å². The zero-order valence-corrected chi connectivity index (χ0v) is 20.2. The van der Waals surface area contributed by atoms with Gasteiger partial charge in [0, 0.05) is 0 Å². The number of hydrogen-bond donors (Lipinski definition) is 0. The summed E-state index contributed by atoms with van der Waals surface area (Å²) >= 11 is -2.46. The van der Waals surface area contributed by atoms with Crippen LogP contribution in [0.15, 0.2) is 0 Å². The van der Waals surface area contributed by atoms with Crippen LogP contribution in [0.1, 0.15) is 0 Å². The summed E-state index contributed by atoms with van der Waals surface area (Å²) in [6, 6.07) is 0. The topological polar surface area (TPSA) is 43.2 Å². The van der Waals surface area contributed by atoms with E-state index in [4.69, 9.17) is 26.3 Å². The number of nitrogens with zero attached hydrogens (tertiary/aromatic N) is 6. The van der Waals surface area contributed by atoms with Crippen molar-refractivity contribution in [1.82, 2.24) is 9.97 Å².